The quantitative estimate of drug-likeness (QED) is 0.273. The first kappa shape index (κ1) is 22.4. The van der Waals surface area contributed by atoms with Crippen molar-refractivity contribution in [1.29, 1.82) is 0 Å². The maximum Gasteiger partial charge on any atom is 0.329 e. The van der Waals surface area contributed by atoms with E-state index < -0.39 is 30.9 Å². The zero-order valence-electron chi connectivity index (χ0n) is 16.6. The van der Waals surface area contributed by atoms with E-state index in [1.165, 1.54) is 25.3 Å². The third-order valence-corrected chi connectivity index (χ3v) is 9.24. The summed E-state index contributed by atoms with van der Waals surface area (Å²) in [5, 5.41) is 13.5. The van der Waals surface area contributed by atoms with Crippen molar-refractivity contribution in [2.75, 3.05) is 7.11 Å². The summed E-state index contributed by atoms with van der Waals surface area (Å²) in [6, 6.07) is 4.36. The van der Waals surface area contributed by atoms with E-state index in [2.05, 4.69) is 50.6 Å². The van der Waals surface area contributed by atoms with Gasteiger partial charge < -0.3 is 10.1 Å². The fraction of sp³-hybridized carbons (Fsp3) is 0.474. The van der Waals surface area contributed by atoms with Crippen molar-refractivity contribution in [3.8, 4) is 11.5 Å². The van der Waals surface area contributed by atoms with E-state index in [-0.39, 0.29) is 22.7 Å². The van der Waals surface area contributed by atoms with E-state index in [1.54, 1.807) is 0 Å². The van der Waals surface area contributed by atoms with Crippen LogP contribution in [0.4, 0.5) is 5.69 Å². The van der Waals surface area contributed by atoms with Crippen molar-refractivity contribution in [3.05, 3.63) is 39.9 Å². The maximum absolute atomic E-state index is 12.4. The molecule has 0 unspecified atom stereocenters. The zero-order chi connectivity index (χ0) is 20.8. The summed E-state index contributed by atoms with van der Waals surface area (Å²) in [6.07, 6.45) is 0.111. The van der Waals surface area contributed by atoms with Crippen LogP contribution in [0, 0.1) is 21.6 Å². The summed E-state index contributed by atoms with van der Waals surface area (Å²) in [6.45, 7) is 10.7. The van der Waals surface area contributed by atoms with Gasteiger partial charge in [-0.15, -0.1) is 11.5 Å². The summed E-state index contributed by atoms with van der Waals surface area (Å²) >= 11 is 0. The number of nitrogens with one attached hydrogen (secondary N) is 1. The Kier molecular flexibility index (Phi) is 7.31. The minimum atomic E-state index is -1.84. The molecule has 1 aromatic rings. The van der Waals surface area contributed by atoms with Crippen LogP contribution in [0.25, 0.3) is 0 Å². The van der Waals surface area contributed by atoms with Crippen LogP contribution in [0.15, 0.2) is 24.3 Å². The number of carbonyl (C=O) groups excluding carboxylic acids is 2. The van der Waals surface area contributed by atoms with Crippen LogP contribution in [0.5, 0.6) is 0 Å². The highest BCUT2D eigenvalue weighted by molar-refractivity contribution is 6.87. The second kappa shape index (κ2) is 8.82. The molecule has 1 amide bonds. The molecule has 0 heterocycles. The summed E-state index contributed by atoms with van der Waals surface area (Å²) in [5.74, 6) is 1.82. The SMILES string of the molecule is COC(=O)[C@@H](CC#C[Si](C)(C)C(C)(C)C)NC(=O)c1cccc([N+](=O)[O-])c1. The normalized spacial score (nSPS) is 12.4. The number of nitro groups is 1. The van der Waals surface area contributed by atoms with Crippen LogP contribution in [-0.4, -0.2) is 38.0 Å². The molecule has 0 aliphatic heterocycles. The average molecular weight is 391 g/mol. The Hall–Kier alpha value is -2.66. The number of nitrogens with zero attached hydrogens (tertiary/aromatic N) is 1. The van der Waals surface area contributed by atoms with E-state index in [0.29, 0.717) is 0 Å². The smallest absolute Gasteiger partial charge is 0.329 e. The minimum Gasteiger partial charge on any atom is -0.467 e. The molecule has 0 aromatic heterocycles. The number of benzene rings is 1. The van der Waals surface area contributed by atoms with E-state index in [0.717, 1.165) is 6.07 Å². The van der Waals surface area contributed by atoms with Crippen LogP contribution < -0.4 is 5.32 Å². The summed E-state index contributed by atoms with van der Waals surface area (Å²) in [5.41, 5.74) is 3.18. The highest BCUT2D eigenvalue weighted by Crippen LogP contribution is 2.35. The molecule has 0 radical (unpaired) electrons. The van der Waals surface area contributed by atoms with Gasteiger partial charge in [0.15, 0.2) is 0 Å². The largest absolute Gasteiger partial charge is 0.467 e. The molecule has 0 saturated carbocycles. The van der Waals surface area contributed by atoms with Gasteiger partial charge in [0.25, 0.3) is 11.6 Å². The lowest BCUT2D eigenvalue weighted by Gasteiger charge is -2.31. The lowest BCUT2D eigenvalue weighted by atomic mass is 10.1. The molecule has 1 atom stereocenters. The van der Waals surface area contributed by atoms with Crippen molar-refractivity contribution in [2.45, 2.75) is 51.4 Å². The van der Waals surface area contributed by atoms with Crippen molar-refractivity contribution < 1.29 is 19.2 Å². The lowest BCUT2D eigenvalue weighted by Crippen LogP contribution is -2.41. The standard InChI is InChI=1S/C19H26N2O5Si/c1-19(2,3)27(5,6)12-8-11-16(18(23)26-4)20-17(22)14-9-7-10-15(13-14)21(24)25/h7,9-10,13,16H,11H2,1-6H3,(H,20,22)/t16-/m1/s1. The predicted octanol–water partition coefficient (Wildman–Crippen LogP) is 3.31. The highest BCUT2D eigenvalue weighted by atomic mass is 28.3. The fourth-order valence-corrected chi connectivity index (χ4v) is 2.82. The topological polar surface area (TPSA) is 98.5 Å². The van der Waals surface area contributed by atoms with Gasteiger partial charge in [0.05, 0.1) is 12.0 Å². The first-order chi connectivity index (χ1) is 12.4. The van der Waals surface area contributed by atoms with E-state index in [4.69, 9.17) is 4.74 Å². The molecular formula is C19H26N2O5Si. The number of hydrogen-bond donors (Lipinski definition) is 1. The molecule has 1 N–H and O–H groups in total. The molecule has 8 heteroatoms. The molecule has 0 spiro atoms. The molecule has 0 saturated heterocycles. The Morgan fingerprint density at radius 3 is 2.48 bits per heavy atom. The van der Waals surface area contributed by atoms with Crippen LogP contribution in [0.3, 0.4) is 0 Å². The minimum absolute atomic E-state index is 0.0764. The van der Waals surface area contributed by atoms with Crippen molar-refractivity contribution in [1.82, 2.24) is 5.32 Å². The van der Waals surface area contributed by atoms with Gasteiger partial charge in [-0.3, -0.25) is 14.9 Å². The number of rotatable bonds is 5. The Morgan fingerprint density at radius 2 is 1.96 bits per heavy atom. The van der Waals surface area contributed by atoms with Gasteiger partial charge in [0.1, 0.15) is 14.1 Å². The average Bonchev–Trinajstić information content (AvgIpc) is 2.59. The molecule has 0 bridgehead atoms. The first-order valence-electron chi connectivity index (χ1n) is 8.52. The molecule has 0 fully saturated rings. The van der Waals surface area contributed by atoms with Crippen LogP contribution in [0.1, 0.15) is 37.6 Å². The van der Waals surface area contributed by atoms with Gasteiger partial charge in [0, 0.05) is 24.1 Å². The molecule has 27 heavy (non-hydrogen) atoms. The molecular weight excluding hydrogens is 364 g/mol. The highest BCUT2D eigenvalue weighted by Gasteiger charge is 2.33. The summed E-state index contributed by atoms with van der Waals surface area (Å²) < 4.78 is 4.74. The van der Waals surface area contributed by atoms with Gasteiger partial charge >= 0.3 is 5.97 Å². The van der Waals surface area contributed by atoms with Gasteiger partial charge in [-0.2, -0.15) is 0 Å². The number of ether oxygens (including phenoxy) is 1. The third-order valence-electron chi connectivity index (χ3n) is 4.69. The number of methoxy groups -OCH3 is 1. The molecule has 0 aliphatic rings. The zero-order valence-corrected chi connectivity index (χ0v) is 17.6. The Labute approximate surface area is 160 Å². The van der Waals surface area contributed by atoms with Crippen molar-refractivity contribution in [3.63, 3.8) is 0 Å². The number of nitro benzene ring substituents is 1. The van der Waals surface area contributed by atoms with Gasteiger partial charge in [-0.1, -0.05) is 39.9 Å². The monoisotopic (exact) mass is 390 g/mol. The van der Waals surface area contributed by atoms with Gasteiger partial charge in [-0.25, -0.2) is 4.79 Å². The number of amides is 1. The Balaban J connectivity index is 2.97. The Bertz CT molecular complexity index is 787. The summed E-state index contributed by atoms with van der Waals surface area (Å²) in [7, 11) is -0.609. The van der Waals surface area contributed by atoms with E-state index in [1.807, 2.05) is 0 Å². The van der Waals surface area contributed by atoms with Crippen LogP contribution in [0.2, 0.25) is 18.1 Å². The first-order valence-corrected chi connectivity index (χ1v) is 11.5. The fourth-order valence-electron chi connectivity index (χ4n) is 1.90. The molecule has 0 aliphatic carbocycles. The molecule has 7 nitrogen and oxygen atoms in total. The number of hydrogen-bond acceptors (Lipinski definition) is 5. The number of non-ortho nitro benzene ring substituents is 1. The Morgan fingerprint density at radius 1 is 1.33 bits per heavy atom. The molecule has 1 aromatic carbocycles. The summed E-state index contributed by atoms with van der Waals surface area (Å²) in [4.78, 5) is 34.7. The number of esters is 1. The lowest BCUT2D eigenvalue weighted by molar-refractivity contribution is -0.384. The van der Waals surface area contributed by atoms with E-state index >= 15 is 0 Å². The van der Waals surface area contributed by atoms with Crippen LogP contribution >= 0.6 is 0 Å². The van der Waals surface area contributed by atoms with E-state index in [9.17, 15) is 19.7 Å². The second-order valence-corrected chi connectivity index (χ2v) is 12.7. The van der Waals surface area contributed by atoms with Crippen LogP contribution in [-0.2, 0) is 9.53 Å². The predicted molar refractivity (Wildman–Crippen MR) is 106 cm³/mol. The van der Waals surface area contributed by atoms with Gasteiger partial charge in [0.2, 0.25) is 0 Å². The van der Waals surface area contributed by atoms with Crippen molar-refractivity contribution in [2.24, 2.45) is 0 Å². The molecule has 146 valence electrons. The maximum atomic E-state index is 12.4. The number of carbonyl (C=O) groups is 2. The second-order valence-electron chi connectivity index (χ2n) is 7.74. The molecule has 1 rings (SSSR count). The van der Waals surface area contributed by atoms with Crippen molar-refractivity contribution >= 4 is 25.6 Å². The van der Waals surface area contributed by atoms with Gasteiger partial charge in [-0.05, 0) is 11.1 Å². The third kappa shape index (κ3) is 6.22.